The van der Waals surface area contributed by atoms with E-state index in [2.05, 4.69) is 22.9 Å². The molecule has 1 aliphatic carbocycles. The Morgan fingerprint density at radius 3 is 2.65 bits per heavy atom. The van der Waals surface area contributed by atoms with Gasteiger partial charge in [-0.05, 0) is 34.2 Å². The molecule has 0 saturated carbocycles. The predicted molar refractivity (Wildman–Crippen MR) is 84.6 cm³/mol. The van der Waals surface area contributed by atoms with E-state index >= 15 is 0 Å². The molecule has 2 N–H and O–H groups in total. The Morgan fingerprint density at radius 1 is 1.04 bits per heavy atom. The average molecular weight is 311 g/mol. The van der Waals surface area contributed by atoms with Crippen molar-refractivity contribution in [2.75, 3.05) is 6.54 Å². The second-order valence-electron chi connectivity index (χ2n) is 5.33. The molecule has 0 saturated heterocycles. The summed E-state index contributed by atoms with van der Waals surface area (Å²) < 4.78 is 9.56. The van der Waals surface area contributed by atoms with Gasteiger partial charge in [0.15, 0.2) is 0 Å². The largest absolute Gasteiger partial charge is 0.516 e. The fraction of sp³-hybridized carbons (Fsp3) is 0.222. The zero-order valence-corrected chi connectivity index (χ0v) is 12.6. The van der Waals surface area contributed by atoms with Gasteiger partial charge in [-0.2, -0.15) is 0 Å². The lowest BCUT2D eigenvalue weighted by Gasteiger charge is -2.09. The number of nitrogens with two attached hydrogens (primary N) is 1. The standard InChI is InChI=1S/C18H17NO4/c19-9-8-17(20)23-18(21)22-11-13-5-3-7-15-14-6-2-1-4-12(14)10-16(13)15/h1-7H,8-11,19H2. The highest BCUT2D eigenvalue weighted by molar-refractivity contribution is 5.82. The van der Waals surface area contributed by atoms with Crippen LogP contribution in [0.5, 0.6) is 0 Å². The summed E-state index contributed by atoms with van der Waals surface area (Å²) >= 11 is 0. The van der Waals surface area contributed by atoms with E-state index in [9.17, 15) is 9.59 Å². The molecule has 5 heteroatoms. The smallest absolute Gasteiger partial charge is 0.429 e. The molecule has 0 atom stereocenters. The van der Waals surface area contributed by atoms with Gasteiger partial charge in [0.2, 0.25) is 0 Å². The first-order chi connectivity index (χ1) is 11.2. The van der Waals surface area contributed by atoms with Crippen molar-refractivity contribution in [3.8, 4) is 11.1 Å². The van der Waals surface area contributed by atoms with Gasteiger partial charge in [-0.25, -0.2) is 4.79 Å². The molecule has 1 aliphatic rings. The van der Waals surface area contributed by atoms with E-state index < -0.39 is 12.1 Å². The molecule has 3 rings (SSSR count). The van der Waals surface area contributed by atoms with Crippen LogP contribution in [0.15, 0.2) is 42.5 Å². The summed E-state index contributed by atoms with van der Waals surface area (Å²) in [6.45, 7) is 0.211. The lowest BCUT2D eigenvalue weighted by atomic mass is 10.0. The molecule has 0 aliphatic heterocycles. The van der Waals surface area contributed by atoms with Crippen LogP contribution in [0.25, 0.3) is 11.1 Å². The van der Waals surface area contributed by atoms with Crippen molar-refractivity contribution in [3.63, 3.8) is 0 Å². The number of carbonyl (C=O) groups excluding carboxylic acids is 2. The molecule has 5 nitrogen and oxygen atoms in total. The van der Waals surface area contributed by atoms with Crippen molar-refractivity contribution in [2.45, 2.75) is 19.4 Å². The molecule has 0 unspecified atom stereocenters. The van der Waals surface area contributed by atoms with Gasteiger partial charge in [0, 0.05) is 6.54 Å². The fourth-order valence-electron chi connectivity index (χ4n) is 2.79. The maximum atomic E-state index is 11.5. The molecular formula is C18H17NO4. The maximum absolute atomic E-state index is 11.5. The van der Waals surface area contributed by atoms with E-state index in [0.717, 1.165) is 23.1 Å². The minimum Gasteiger partial charge on any atom is -0.429 e. The first-order valence-corrected chi connectivity index (χ1v) is 7.45. The van der Waals surface area contributed by atoms with E-state index in [1.54, 1.807) is 0 Å². The van der Waals surface area contributed by atoms with Crippen molar-refractivity contribution in [1.82, 2.24) is 0 Å². The Morgan fingerprint density at radius 2 is 1.83 bits per heavy atom. The summed E-state index contributed by atoms with van der Waals surface area (Å²) in [5.41, 5.74) is 10.9. The molecule has 0 bridgehead atoms. The molecular weight excluding hydrogens is 294 g/mol. The van der Waals surface area contributed by atoms with Crippen LogP contribution < -0.4 is 5.73 Å². The Balaban J connectivity index is 1.69. The van der Waals surface area contributed by atoms with E-state index in [0.29, 0.717) is 0 Å². The summed E-state index contributed by atoms with van der Waals surface area (Å²) in [7, 11) is 0. The van der Waals surface area contributed by atoms with E-state index in [1.807, 2.05) is 24.3 Å². The summed E-state index contributed by atoms with van der Waals surface area (Å²) in [5.74, 6) is -0.678. The highest BCUT2D eigenvalue weighted by atomic mass is 16.7. The second kappa shape index (κ2) is 6.62. The van der Waals surface area contributed by atoms with Crippen LogP contribution in [-0.4, -0.2) is 18.7 Å². The van der Waals surface area contributed by atoms with Crippen molar-refractivity contribution >= 4 is 12.1 Å². The molecule has 0 spiro atoms. The van der Waals surface area contributed by atoms with E-state index in [-0.39, 0.29) is 19.6 Å². The Kier molecular flexibility index (Phi) is 4.39. The van der Waals surface area contributed by atoms with Gasteiger partial charge in [0.05, 0.1) is 6.42 Å². The summed E-state index contributed by atoms with van der Waals surface area (Å²) in [6.07, 6.45) is -0.186. The molecule has 0 aromatic heterocycles. The second-order valence-corrected chi connectivity index (χ2v) is 5.33. The molecule has 2 aromatic carbocycles. The van der Waals surface area contributed by atoms with Gasteiger partial charge >= 0.3 is 12.1 Å². The fourth-order valence-corrected chi connectivity index (χ4v) is 2.79. The maximum Gasteiger partial charge on any atom is 0.516 e. The third-order valence-corrected chi connectivity index (χ3v) is 3.84. The van der Waals surface area contributed by atoms with Crippen LogP contribution >= 0.6 is 0 Å². The number of esters is 1. The molecule has 0 heterocycles. The normalized spacial score (nSPS) is 11.5. The Hall–Kier alpha value is -2.66. The predicted octanol–water partition coefficient (Wildman–Crippen LogP) is 2.79. The van der Waals surface area contributed by atoms with E-state index in [4.69, 9.17) is 10.5 Å². The zero-order chi connectivity index (χ0) is 16.2. The van der Waals surface area contributed by atoms with Gasteiger partial charge < -0.3 is 15.2 Å². The lowest BCUT2D eigenvalue weighted by Crippen LogP contribution is -2.17. The molecule has 2 aromatic rings. The van der Waals surface area contributed by atoms with Crippen molar-refractivity contribution < 1.29 is 19.1 Å². The average Bonchev–Trinajstić information content (AvgIpc) is 2.92. The number of ether oxygens (including phenoxy) is 2. The number of benzene rings is 2. The SMILES string of the molecule is NCCC(=O)OC(=O)OCc1cccc2c1Cc1ccccc1-2. The molecule has 0 radical (unpaired) electrons. The van der Waals surface area contributed by atoms with Crippen LogP contribution in [0.3, 0.4) is 0 Å². The minimum atomic E-state index is -0.989. The Labute approximate surface area is 134 Å². The Bertz CT molecular complexity index is 754. The topological polar surface area (TPSA) is 78.6 Å². The van der Waals surface area contributed by atoms with Crippen LogP contribution in [0.1, 0.15) is 23.1 Å². The third kappa shape index (κ3) is 3.24. The van der Waals surface area contributed by atoms with Crippen LogP contribution in [0.4, 0.5) is 4.79 Å². The summed E-state index contributed by atoms with van der Waals surface area (Å²) in [4.78, 5) is 22.7. The quantitative estimate of drug-likeness (QED) is 0.592. The minimum absolute atomic E-state index is 0.00879. The molecule has 23 heavy (non-hydrogen) atoms. The molecule has 0 fully saturated rings. The number of rotatable bonds is 4. The van der Waals surface area contributed by atoms with Gasteiger partial charge in [-0.3, -0.25) is 4.79 Å². The highest BCUT2D eigenvalue weighted by Gasteiger charge is 2.21. The first kappa shape index (κ1) is 15.2. The first-order valence-electron chi connectivity index (χ1n) is 7.45. The highest BCUT2D eigenvalue weighted by Crippen LogP contribution is 2.38. The number of hydrogen-bond donors (Lipinski definition) is 1. The molecule has 118 valence electrons. The summed E-state index contributed by atoms with van der Waals surface area (Å²) in [5, 5.41) is 0. The van der Waals surface area contributed by atoms with Gasteiger partial charge in [0.25, 0.3) is 0 Å². The number of carbonyl (C=O) groups is 2. The lowest BCUT2D eigenvalue weighted by molar-refractivity contribution is -0.139. The molecule has 0 amide bonds. The number of hydrogen-bond acceptors (Lipinski definition) is 5. The van der Waals surface area contributed by atoms with E-state index in [1.165, 1.54) is 11.1 Å². The summed E-state index contributed by atoms with van der Waals surface area (Å²) in [6, 6.07) is 14.1. The van der Waals surface area contributed by atoms with Crippen molar-refractivity contribution in [2.24, 2.45) is 5.73 Å². The zero-order valence-electron chi connectivity index (χ0n) is 12.6. The third-order valence-electron chi connectivity index (χ3n) is 3.84. The number of fused-ring (bicyclic) bond motifs is 3. The van der Waals surface area contributed by atoms with Gasteiger partial charge in [-0.1, -0.05) is 42.5 Å². The monoisotopic (exact) mass is 311 g/mol. The van der Waals surface area contributed by atoms with Crippen LogP contribution in [-0.2, 0) is 27.3 Å². The van der Waals surface area contributed by atoms with Crippen molar-refractivity contribution in [3.05, 3.63) is 59.2 Å². The van der Waals surface area contributed by atoms with Crippen LogP contribution in [0, 0.1) is 0 Å². The van der Waals surface area contributed by atoms with Crippen molar-refractivity contribution in [1.29, 1.82) is 0 Å². The van der Waals surface area contributed by atoms with Gasteiger partial charge in [-0.15, -0.1) is 0 Å². The van der Waals surface area contributed by atoms with Crippen LogP contribution in [0.2, 0.25) is 0 Å². The van der Waals surface area contributed by atoms with Gasteiger partial charge in [0.1, 0.15) is 6.61 Å².